The summed E-state index contributed by atoms with van der Waals surface area (Å²) in [6.07, 6.45) is 4.99. The van der Waals surface area contributed by atoms with Crippen molar-refractivity contribution in [2.75, 3.05) is 12.9 Å². The first-order chi connectivity index (χ1) is 8.01. The summed E-state index contributed by atoms with van der Waals surface area (Å²) in [7, 11) is -1.72. The van der Waals surface area contributed by atoms with E-state index in [2.05, 4.69) is 0 Å². The third kappa shape index (κ3) is 6.09. The number of nitrogens with two attached hydrogens (primary N) is 1. The second-order valence-electron chi connectivity index (χ2n) is 3.68. The van der Waals surface area contributed by atoms with Gasteiger partial charge in [-0.05, 0) is 30.5 Å². The molecule has 0 saturated carbocycles. The maximum Gasteiger partial charge on any atom is 0.209 e. The van der Waals surface area contributed by atoms with Crippen molar-refractivity contribution < 1.29 is 13.2 Å². The second kappa shape index (κ2) is 6.42. The number of primary sulfonamides is 1. The molecule has 0 fully saturated rings. The average molecular weight is 255 g/mol. The highest BCUT2D eigenvalue weighted by atomic mass is 32.2. The maximum absolute atomic E-state index is 10.7. The predicted octanol–water partition coefficient (Wildman–Crippen LogP) is 1.47. The normalized spacial score (nSPS) is 11.9. The van der Waals surface area contributed by atoms with Gasteiger partial charge in [0.2, 0.25) is 10.0 Å². The third-order valence-corrected chi connectivity index (χ3v) is 3.05. The van der Waals surface area contributed by atoms with Crippen molar-refractivity contribution in [3.05, 3.63) is 42.0 Å². The minimum atomic E-state index is -3.35. The largest absolute Gasteiger partial charge is 0.497 e. The van der Waals surface area contributed by atoms with Gasteiger partial charge >= 0.3 is 0 Å². The molecule has 0 saturated heterocycles. The molecule has 1 aromatic carbocycles. The van der Waals surface area contributed by atoms with Crippen LogP contribution in [0.4, 0.5) is 0 Å². The molecule has 17 heavy (non-hydrogen) atoms. The standard InChI is InChI=1S/C12H17NO3S/c1-16-12-8-6-11(7-9-12)5-3-2-4-10-17(13,14)15/h2-3,6-9H,4-5,10H2,1H3,(H2,13,14,15). The van der Waals surface area contributed by atoms with E-state index in [1.165, 1.54) is 0 Å². The van der Waals surface area contributed by atoms with Crippen molar-refractivity contribution >= 4 is 10.0 Å². The SMILES string of the molecule is COc1ccc(CC=CCCS(N)(=O)=O)cc1. The summed E-state index contributed by atoms with van der Waals surface area (Å²) in [6, 6.07) is 7.74. The van der Waals surface area contributed by atoms with Gasteiger partial charge in [-0.1, -0.05) is 24.3 Å². The van der Waals surface area contributed by atoms with Crippen molar-refractivity contribution in [2.24, 2.45) is 5.14 Å². The van der Waals surface area contributed by atoms with Crippen molar-refractivity contribution in [1.82, 2.24) is 0 Å². The Kier molecular flexibility index (Phi) is 5.18. The lowest BCUT2D eigenvalue weighted by molar-refractivity contribution is 0.414. The number of rotatable bonds is 6. The van der Waals surface area contributed by atoms with Gasteiger partial charge in [-0.25, -0.2) is 13.6 Å². The zero-order valence-electron chi connectivity index (χ0n) is 9.80. The van der Waals surface area contributed by atoms with Crippen molar-refractivity contribution in [3.8, 4) is 5.75 Å². The molecule has 1 rings (SSSR count). The first-order valence-electron chi connectivity index (χ1n) is 5.29. The fourth-order valence-electron chi connectivity index (χ4n) is 1.33. The van der Waals surface area contributed by atoms with Gasteiger partial charge in [0.05, 0.1) is 12.9 Å². The lowest BCUT2D eigenvalue weighted by Gasteiger charge is -2.00. The van der Waals surface area contributed by atoms with Crippen LogP contribution in [0.15, 0.2) is 36.4 Å². The van der Waals surface area contributed by atoms with Gasteiger partial charge in [0.25, 0.3) is 0 Å². The Bertz CT molecular complexity index is 463. The molecular weight excluding hydrogens is 238 g/mol. The molecule has 0 spiro atoms. The van der Waals surface area contributed by atoms with Crippen LogP contribution in [0.1, 0.15) is 12.0 Å². The number of ether oxygens (including phenoxy) is 1. The van der Waals surface area contributed by atoms with E-state index >= 15 is 0 Å². The number of sulfonamides is 1. The minimum Gasteiger partial charge on any atom is -0.497 e. The summed E-state index contributed by atoms with van der Waals surface area (Å²) >= 11 is 0. The number of hydrogen-bond donors (Lipinski definition) is 1. The average Bonchev–Trinajstić information content (AvgIpc) is 2.28. The molecule has 0 bridgehead atoms. The summed E-state index contributed by atoms with van der Waals surface area (Å²) in [5.74, 6) is 0.818. The Morgan fingerprint density at radius 2 is 1.88 bits per heavy atom. The van der Waals surface area contributed by atoms with Crippen LogP contribution in [-0.4, -0.2) is 21.3 Å². The molecule has 94 valence electrons. The zero-order chi connectivity index (χ0) is 12.7. The van der Waals surface area contributed by atoms with Crippen LogP contribution in [0.25, 0.3) is 0 Å². The summed E-state index contributed by atoms with van der Waals surface area (Å²) in [5.41, 5.74) is 1.15. The van der Waals surface area contributed by atoms with Crippen molar-refractivity contribution in [3.63, 3.8) is 0 Å². The van der Waals surface area contributed by atoms with Crippen LogP contribution >= 0.6 is 0 Å². The first-order valence-corrected chi connectivity index (χ1v) is 7.01. The Morgan fingerprint density at radius 1 is 1.24 bits per heavy atom. The zero-order valence-corrected chi connectivity index (χ0v) is 10.6. The smallest absolute Gasteiger partial charge is 0.209 e. The van der Waals surface area contributed by atoms with E-state index in [9.17, 15) is 8.42 Å². The highest BCUT2D eigenvalue weighted by Crippen LogP contribution is 2.11. The maximum atomic E-state index is 10.7. The van der Waals surface area contributed by atoms with Gasteiger partial charge in [0.1, 0.15) is 5.75 Å². The lowest BCUT2D eigenvalue weighted by atomic mass is 10.1. The van der Waals surface area contributed by atoms with Crippen LogP contribution in [-0.2, 0) is 16.4 Å². The summed E-state index contributed by atoms with van der Waals surface area (Å²) in [4.78, 5) is 0. The Morgan fingerprint density at radius 3 is 2.41 bits per heavy atom. The molecule has 0 aliphatic heterocycles. The van der Waals surface area contributed by atoms with E-state index in [1.807, 2.05) is 36.4 Å². The van der Waals surface area contributed by atoms with Crippen molar-refractivity contribution in [1.29, 1.82) is 0 Å². The Hall–Kier alpha value is -1.33. The molecule has 0 aliphatic rings. The summed E-state index contributed by atoms with van der Waals surface area (Å²) in [6.45, 7) is 0. The first kappa shape index (κ1) is 13.7. The molecule has 0 unspecified atom stereocenters. The van der Waals surface area contributed by atoms with Crippen molar-refractivity contribution in [2.45, 2.75) is 12.8 Å². The molecule has 0 heterocycles. The molecule has 4 nitrogen and oxygen atoms in total. The van der Waals surface area contributed by atoms with Gasteiger partial charge in [-0.2, -0.15) is 0 Å². The molecule has 0 atom stereocenters. The van der Waals surface area contributed by atoms with E-state index in [-0.39, 0.29) is 5.75 Å². The van der Waals surface area contributed by atoms with Crippen LogP contribution in [0.5, 0.6) is 5.75 Å². The molecule has 0 amide bonds. The molecule has 2 N–H and O–H groups in total. The van der Waals surface area contributed by atoms with E-state index in [4.69, 9.17) is 9.88 Å². The van der Waals surface area contributed by atoms with Crippen LogP contribution in [0.2, 0.25) is 0 Å². The van der Waals surface area contributed by atoms with Crippen LogP contribution in [0.3, 0.4) is 0 Å². The number of allylic oxidation sites excluding steroid dienone is 2. The highest BCUT2D eigenvalue weighted by molar-refractivity contribution is 7.89. The number of benzene rings is 1. The quantitative estimate of drug-likeness (QED) is 0.783. The van der Waals surface area contributed by atoms with E-state index in [1.54, 1.807) is 7.11 Å². The van der Waals surface area contributed by atoms with E-state index < -0.39 is 10.0 Å². The summed E-state index contributed by atoms with van der Waals surface area (Å²) < 4.78 is 26.4. The molecule has 1 aromatic rings. The third-order valence-electron chi connectivity index (χ3n) is 2.25. The lowest BCUT2D eigenvalue weighted by Crippen LogP contribution is -2.15. The van der Waals surface area contributed by atoms with Gasteiger partial charge in [0.15, 0.2) is 0 Å². The number of methoxy groups -OCH3 is 1. The predicted molar refractivity (Wildman–Crippen MR) is 68.4 cm³/mol. The number of hydrogen-bond acceptors (Lipinski definition) is 3. The fourth-order valence-corrected chi connectivity index (χ4v) is 1.80. The van der Waals surface area contributed by atoms with Gasteiger partial charge in [0, 0.05) is 0 Å². The van der Waals surface area contributed by atoms with Gasteiger partial charge in [-0.15, -0.1) is 0 Å². The second-order valence-corrected chi connectivity index (χ2v) is 5.41. The molecular formula is C12H17NO3S. The monoisotopic (exact) mass is 255 g/mol. The Balaban J connectivity index is 2.37. The summed E-state index contributed by atoms with van der Waals surface area (Å²) in [5, 5.41) is 4.89. The van der Waals surface area contributed by atoms with Crippen LogP contribution in [0, 0.1) is 0 Å². The van der Waals surface area contributed by atoms with Gasteiger partial charge < -0.3 is 4.74 Å². The molecule has 5 heteroatoms. The van der Waals surface area contributed by atoms with E-state index in [0.717, 1.165) is 17.7 Å². The topological polar surface area (TPSA) is 69.4 Å². The van der Waals surface area contributed by atoms with Crippen LogP contribution < -0.4 is 9.88 Å². The molecule has 0 aromatic heterocycles. The van der Waals surface area contributed by atoms with Gasteiger partial charge in [-0.3, -0.25) is 0 Å². The van der Waals surface area contributed by atoms with E-state index in [0.29, 0.717) is 6.42 Å². The highest BCUT2D eigenvalue weighted by Gasteiger charge is 1.98. The minimum absolute atomic E-state index is 0.00782. The fraction of sp³-hybridized carbons (Fsp3) is 0.333. The Labute approximate surface area is 102 Å². The molecule has 0 radical (unpaired) electrons. The molecule has 0 aliphatic carbocycles.